The Morgan fingerprint density at radius 1 is 1.37 bits per heavy atom. The van der Waals surface area contributed by atoms with Crippen LogP contribution in [0.1, 0.15) is 18.4 Å². The molecule has 1 heterocycles. The first kappa shape index (κ1) is 14.0. The quantitative estimate of drug-likeness (QED) is 0.781. The Kier molecular flexibility index (Phi) is 3.91. The van der Waals surface area contributed by atoms with Crippen molar-refractivity contribution in [2.45, 2.75) is 19.0 Å². The topological polar surface area (TPSA) is 27.0 Å². The van der Waals surface area contributed by atoms with Crippen molar-refractivity contribution in [3.8, 4) is 6.07 Å². The normalized spacial score (nSPS) is 20.2. The summed E-state index contributed by atoms with van der Waals surface area (Å²) in [6, 6.07) is 6.65. The summed E-state index contributed by atoms with van der Waals surface area (Å²) in [5, 5.41) is 9.44. The largest absolute Gasteiger partial charge is 0.393 e. The molecule has 0 saturated carbocycles. The molecular weight excluding hydrogens is 277 g/mol. The van der Waals surface area contributed by atoms with Crippen LogP contribution in [0.4, 0.5) is 18.9 Å². The van der Waals surface area contributed by atoms with Crippen LogP contribution < -0.4 is 4.90 Å². The predicted molar refractivity (Wildman–Crippen MR) is 67.2 cm³/mol. The molecule has 1 aromatic rings. The van der Waals surface area contributed by atoms with E-state index in [4.69, 9.17) is 16.9 Å². The molecule has 6 heteroatoms. The van der Waals surface area contributed by atoms with Crippen LogP contribution in [0, 0.1) is 17.2 Å². The van der Waals surface area contributed by atoms with Crippen LogP contribution in [0.5, 0.6) is 0 Å². The van der Waals surface area contributed by atoms with E-state index < -0.39 is 12.1 Å². The van der Waals surface area contributed by atoms with Crippen molar-refractivity contribution in [2.75, 3.05) is 18.0 Å². The van der Waals surface area contributed by atoms with Crippen molar-refractivity contribution < 1.29 is 13.2 Å². The smallest absolute Gasteiger partial charge is 0.370 e. The Labute approximate surface area is 114 Å². The zero-order chi connectivity index (χ0) is 14.0. The number of halogens is 4. The lowest BCUT2D eigenvalue weighted by Crippen LogP contribution is -2.42. The zero-order valence-corrected chi connectivity index (χ0v) is 10.8. The lowest BCUT2D eigenvalue weighted by molar-refractivity contribution is -0.175. The molecule has 0 spiro atoms. The average Bonchev–Trinajstić information content (AvgIpc) is 2.38. The van der Waals surface area contributed by atoms with Gasteiger partial charge < -0.3 is 4.90 Å². The number of hydrogen-bond acceptors (Lipinski definition) is 2. The maximum atomic E-state index is 12.8. The highest BCUT2D eigenvalue weighted by Crippen LogP contribution is 2.36. The van der Waals surface area contributed by atoms with E-state index in [1.54, 1.807) is 17.0 Å². The van der Waals surface area contributed by atoms with Crippen LogP contribution >= 0.6 is 11.6 Å². The SMILES string of the molecule is N#Cc1ccc(Cl)cc1N1CCCC(C(F)(F)F)C1. The number of hydrogen-bond donors (Lipinski definition) is 0. The summed E-state index contributed by atoms with van der Waals surface area (Å²) in [7, 11) is 0. The van der Waals surface area contributed by atoms with Gasteiger partial charge in [-0.1, -0.05) is 11.6 Å². The summed E-state index contributed by atoms with van der Waals surface area (Å²) in [6.45, 7) is 0.403. The fraction of sp³-hybridized carbons (Fsp3) is 0.462. The van der Waals surface area contributed by atoms with Crippen molar-refractivity contribution in [1.82, 2.24) is 0 Å². The molecule has 0 aromatic heterocycles. The standard InChI is InChI=1S/C13H12ClF3N2/c14-11-4-3-9(7-18)12(6-11)19-5-1-2-10(8-19)13(15,16)17/h3-4,6,10H,1-2,5,8H2. The summed E-state index contributed by atoms with van der Waals surface area (Å²) in [6.07, 6.45) is -3.59. The third kappa shape index (κ3) is 3.13. The third-order valence-electron chi connectivity index (χ3n) is 3.31. The molecule has 1 aliphatic heterocycles. The summed E-state index contributed by atoms with van der Waals surface area (Å²) >= 11 is 5.86. The monoisotopic (exact) mass is 288 g/mol. The highest BCUT2D eigenvalue weighted by molar-refractivity contribution is 6.30. The molecule has 1 aliphatic rings. The van der Waals surface area contributed by atoms with E-state index in [1.807, 2.05) is 6.07 Å². The van der Waals surface area contributed by atoms with Crippen LogP contribution in [0.25, 0.3) is 0 Å². The fourth-order valence-electron chi connectivity index (χ4n) is 2.32. The Morgan fingerprint density at radius 2 is 2.11 bits per heavy atom. The molecule has 2 nitrogen and oxygen atoms in total. The van der Waals surface area contributed by atoms with Crippen LogP contribution in [0.2, 0.25) is 5.02 Å². The molecule has 0 bridgehead atoms. The third-order valence-corrected chi connectivity index (χ3v) is 3.54. The second-order valence-corrected chi connectivity index (χ2v) is 5.04. The van der Waals surface area contributed by atoms with Crippen molar-refractivity contribution in [3.05, 3.63) is 28.8 Å². The molecule has 0 radical (unpaired) electrons. The minimum absolute atomic E-state index is 0.113. The number of nitrogens with zero attached hydrogens (tertiary/aromatic N) is 2. The van der Waals surface area contributed by atoms with E-state index in [2.05, 4.69) is 0 Å². The van der Waals surface area contributed by atoms with Crippen LogP contribution in [-0.2, 0) is 0 Å². The minimum atomic E-state index is -4.19. The van der Waals surface area contributed by atoms with Gasteiger partial charge in [0, 0.05) is 18.1 Å². The Morgan fingerprint density at radius 3 is 2.74 bits per heavy atom. The lowest BCUT2D eigenvalue weighted by atomic mass is 9.96. The molecule has 1 unspecified atom stereocenters. The van der Waals surface area contributed by atoms with Gasteiger partial charge in [0.15, 0.2) is 0 Å². The highest BCUT2D eigenvalue weighted by atomic mass is 35.5. The Bertz CT molecular complexity index is 508. The maximum absolute atomic E-state index is 12.8. The van der Waals surface area contributed by atoms with Gasteiger partial charge in [0.1, 0.15) is 6.07 Å². The van der Waals surface area contributed by atoms with Gasteiger partial charge in [-0.05, 0) is 31.0 Å². The van der Waals surface area contributed by atoms with Crippen molar-refractivity contribution in [1.29, 1.82) is 5.26 Å². The van der Waals surface area contributed by atoms with E-state index in [0.29, 0.717) is 29.2 Å². The second kappa shape index (κ2) is 5.30. The van der Waals surface area contributed by atoms with Gasteiger partial charge in [-0.3, -0.25) is 0 Å². The van der Waals surface area contributed by atoms with Gasteiger partial charge in [-0.25, -0.2) is 0 Å². The number of rotatable bonds is 1. The summed E-state index contributed by atoms with van der Waals surface area (Å²) in [4.78, 5) is 1.60. The van der Waals surface area contributed by atoms with E-state index >= 15 is 0 Å². The van der Waals surface area contributed by atoms with E-state index in [1.165, 1.54) is 6.07 Å². The zero-order valence-electron chi connectivity index (χ0n) is 10.0. The predicted octanol–water partition coefficient (Wildman–Crippen LogP) is 3.99. The van der Waals surface area contributed by atoms with E-state index in [0.717, 1.165) is 0 Å². The summed E-state index contributed by atoms with van der Waals surface area (Å²) < 4.78 is 38.3. The molecular formula is C13H12ClF3N2. The van der Waals surface area contributed by atoms with Crippen LogP contribution in [0.3, 0.4) is 0 Å². The van der Waals surface area contributed by atoms with E-state index in [9.17, 15) is 13.2 Å². The van der Waals surface area contributed by atoms with Gasteiger partial charge in [0.25, 0.3) is 0 Å². The Hall–Kier alpha value is -1.41. The first-order valence-corrected chi connectivity index (χ1v) is 6.31. The van der Waals surface area contributed by atoms with Crippen LogP contribution in [-0.4, -0.2) is 19.3 Å². The van der Waals surface area contributed by atoms with Gasteiger partial charge in [0.05, 0.1) is 17.2 Å². The molecule has 0 aliphatic carbocycles. The fourth-order valence-corrected chi connectivity index (χ4v) is 2.49. The molecule has 1 fully saturated rings. The van der Waals surface area contributed by atoms with E-state index in [-0.39, 0.29) is 13.0 Å². The molecule has 0 N–H and O–H groups in total. The van der Waals surface area contributed by atoms with Gasteiger partial charge in [0.2, 0.25) is 0 Å². The van der Waals surface area contributed by atoms with Gasteiger partial charge in [-0.2, -0.15) is 18.4 Å². The summed E-state index contributed by atoms with van der Waals surface area (Å²) in [5.74, 6) is -1.34. The molecule has 1 aromatic carbocycles. The number of anilines is 1. The number of benzene rings is 1. The second-order valence-electron chi connectivity index (χ2n) is 4.60. The minimum Gasteiger partial charge on any atom is -0.370 e. The molecule has 19 heavy (non-hydrogen) atoms. The highest BCUT2D eigenvalue weighted by Gasteiger charge is 2.42. The molecule has 0 amide bonds. The molecule has 1 saturated heterocycles. The first-order chi connectivity index (χ1) is 8.91. The van der Waals surface area contributed by atoms with Crippen molar-refractivity contribution in [2.24, 2.45) is 5.92 Å². The molecule has 2 rings (SSSR count). The number of alkyl halides is 3. The summed E-state index contributed by atoms with van der Waals surface area (Å²) in [5.41, 5.74) is 0.844. The first-order valence-electron chi connectivity index (χ1n) is 5.93. The average molecular weight is 289 g/mol. The number of nitriles is 1. The molecule has 102 valence electrons. The number of piperidine rings is 1. The van der Waals surface area contributed by atoms with Crippen molar-refractivity contribution in [3.63, 3.8) is 0 Å². The van der Waals surface area contributed by atoms with Crippen molar-refractivity contribution >= 4 is 17.3 Å². The maximum Gasteiger partial charge on any atom is 0.393 e. The van der Waals surface area contributed by atoms with Gasteiger partial charge in [-0.15, -0.1) is 0 Å². The van der Waals surface area contributed by atoms with Gasteiger partial charge >= 0.3 is 6.18 Å². The van der Waals surface area contributed by atoms with Crippen LogP contribution in [0.15, 0.2) is 18.2 Å². The Balaban J connectivity index is 2.27. The molecule has 1 atom stereocenters. The lowest BCUT2D eigenvalue weighted by Gasteiger charge is -2.35.